The number of rotatable bonds is 2. The van der Waals surface area contributed by atoms with Crippen molar-refractivity contribution in [2.45, 2.75) is 26.7 Å². The van der Waals surface area contributed by atoms with Crippen LogP contribution in [0.5, 0.6) is 0 Å². The van der Waals surface area contributed by atoms with Gasteiger partial charge in [-0.15, -0.1) is 29.7 Å². The van der Waals surface area contributed by atoms with Gasteiger partial charge >= 0.3 is 37.9 Å². The first-order valence-electron chi connectivity index (χ1n) is 8.04. The van der Waals surface area contributed by atoms with E-state index in [-0.39, 0.29) is 0 Å². The summed E-state index contributed by atoms with van der Waals surface area (Å²) in [7, 11) is 9.87. The van der Waals surface area contributed by atoms with Gasteiger partial charge in [-0.3, -0.25) is 0 Å². The van der Waals surface area contributed by atoms with E-state index in [1.807, 2.05) is 0 Å². The predicted octanol–water partition coefficient (Wildman–Crippen LogP) is 6.42. The minimum atomic E-state index is -0.826. The second kappa shape index (κ2) is 8.09. The van der Waals surface area contributed by atoms with Gasteiger partial charge in [-0.2, -0.15) is 0 Å². The van der Waals surface area contributed by atoms with Crippen molar-refractivity contribution in [1.29, 1.82) is 0 Å². The van der Waals surface area contributed by atoms with Gasteiger partial charge in [-0.25, -0.2) is 0 Å². The van der Waals surface area contributed by atoms with Crippen molar-refractivity contribution >= 4 is 29.2 Å². The van der Waals surface area contributed by atoms with E-state index >= 15 is 0 Å². The monoisotopic (exact) mass is 431 g/mol. The molecular formula is C21H19Cl2Zr-. The molecule has 2 aromatic carbocycles. The molecule has 2 aliphatic carbocycles. The van der Waals surface area contributed by atoms with E-state index in [1.54, 1.807) is 0 Å². The molecule has 0 aromatic heterocycles. The van der Waals surface area contributed by atoms with Gasteiger partial charge in [0.2, 0.25) is 0 Å². The van der Waals surface area contributed by atoms with Crippen molar-refractivity contribution in [2.24, 2.45) is 0 Å². The van der Waals surface area contributed by atoms with E-state index < -0.39 is 20.8 Å². The quantitative estimate of drug-likeness (QED) is 0.480. The molecule has 0 fully saturated rings. The van der Waals surface area contributed by atoms with Gasteiger partial charge in [0.05, 0.1) is 0 Å². The molecule has 0 aliphatic heterocycles. The summed E-state index contributed by atoms with van der Waals surface area (Å²) in [5.41, 5.74) is 11.3. The van der Waals surface area contributed by atoms with Crippen LogP contribution in [0.25, 0.3) is 12.2 Å². The molecular weight excluding hydrogens is 414 g/mol. The van der Waals surface area contributed by atoms with Gasteiger partial charge in [0.25, 0.3) is 0 Å². The van der Waals surface area contributed by atoms with Crippen LogP contribution in [0, 0.1) is 20.3 Å². The fourth-order valence-corrected chi connectivity index (χ4v) is 3.54. The fraction of sp³-hybridized carbons (Fsp3) is 0.190. The molecule has 4 rings (SSSR count). The van der Waals surface area contributed by atoms with Crippen molar-refractivity contribution in [2.75, 3.05) is 0 Å². The van der Waals surface area contributed by atoms with Crippen LogP contribution in [0.1, 0.15) is 44.5 Å². The Hall–Kier alpha value is -0.747. The van der Waals surface area contributed by atoms with Crippen molar-refractivity contribution in [1.82, 2.24) is 0 Å². The number of aryl methyl sites for hydroxylation is 2. The molecule has 2 aromatic rings. The SMILES string of the molecule is Cc1ccc([CH-]c2ccc(C)c3c2CC=C3)c2c1C=CC2.[Cl][Zr][Cl]. The molecule has 0 bridgehead atoms. The molecule has 0 N–H and O–H groups in total. The zero-order valence-corrected chi connectivity index (χ0v) is 17.8. The van der Waals surface area contributed by atoms with Crippen molar-refractivity contribution < 1.29 is 20.8 Å². The number of hydrogen-bond acceptors (Lipinski definition) is 0. The number of benzene rings is 2. The second-order valence-electron chi connectivity index (χ2n) is 6.16. The molecule has 0 amide bonds. The summed E-state index contributed by atoms with van der Waals surface area (Å²) in [4.78, 5) is 0. The van der Waals surface area contributed by atoms with Gasteiger partial charge in [-0.1, -0.05) is 69.8 Å². The van der Waals surface area contributed by atoms with Gasteiger partial charge in [0, 0.05) is 0 Å². The van der Waals surface area contributed by atoms with Crippen LogP contribution in [0.15, 0.2) is 36.4 Å². The summed E-state index contributed by atoms with van der Waals surface area (Å²) in [6.45, 7) is 4.40. The average Bonchev–Trinajstić information content (AvgIpc) is 3.23. The van der Waals surface area contributed by atoms with E-state index in [0.29, 0.717) is 0 Å². The summed E-state index contributed by atoms with van der Waals surface area (Å²) in [6, 6.07) is 9.03. The summed E-state index contributed by atoms with van der Waals surface area (Å²) in [5, 5.41) is 0. The van der Waals surface area contributed by atoms with Crippen LogP contribution in [-0.2, 0) is 33.7 Å². The minimum absolute atomic E-state index is 0.826. The number of allylic oxidation sites excluding steroid dienone is 2. The zero-order valence-electron chi connectivity index (χ0n) is 13.9. The molecule has 0 saturated heterocycles. The number of halogens is 2. The van der Waals surface area contributed by atoms with Crippen LogP contribution < -0.4 is 0 Å². The van der Waals surface area contributed by atoms with Crippen molar-refractivity contribution in [3.8, 4) is 0 Å². The van der Waals surface area contributed by atoms with Gasteiger partial charge < -0.3 is 0 Å². The van der Waals surface area contributed by atoms with E-state index in [9.17, 15) is 0 Å². The Morgan fingerprint density at radius 3 is 1.62 bits per heavy atom. The average molecular weight is 434 g/mol. The number of hydrogen-bond donors (Lipinski definition) is 0. The Morgan fingerprint density at radius 1 is 0.792 bits per heavy atom. The van der Waals surface area contributed by atoms with Crippen LogP contribution in [0.4, 0.5) is 0 Å². The molecule has 24 heavy (non-hydrogen) atoms. The first kappa shape index (κ1) is 18.1. The van der Waals surface area contributed by atoms with E-state index in [1.165, 1.54) is 44.5 Å². The molecule has 0 radical (unpaired) electrons. The van der Waals surface area contributed by atoms with Crippen LogP contribution in [0.3, 0.4) is 0 Å². The van der Waals surface area contributed by atoms with E-state index in [4.69, 9.17) is 17.0 Å². The number of fused-ring (bicyclic) bond motifs is 2. The first-order valence-corrected chi connectivity index (χ1v) is 14.4. The van der Waals surface area contributed by atoms with Crippen molar-refractivity contribution in [3.05, 3.63) is 87.3 Å². The van der Waals surface area contributed by atoms with Crippen LogP contribution in [0.2, 0.25) is 0 Å². The predicted molar refractivity (Wildman–Crippen MR) is 102 cm³/mol. The molecule has 0 unspecified atom stereocenters. The summed E-state index contributed by atoms with van der Waals surface area (Å²) < 4.78 is 0. The van der Waals surface area contributed by atoms with E-state index in [2.05, 4.69) is 68.8 Å². The van der Waals surface area contributed by atoms with Gasteiger partial charge in [0.1, 0.15) is 0 Å². The Bertz CT molecular complexity index is 752. The van der Waals surface area contributed by atoms with Gasteiger partial charge in [0.15, 0.2) is 0 Å². The molecule has 0 heterocycles. The molecule has 0 spiro atoms. The topological polar surface area (TPSA) is 0 Å². The summed E-state index contributed by atoms with van der Waals surface area (Å²) in [6.07, 6.45) is 13.6. The Balaban J connectivity index is 0.000000526. The second-order valence-corrected chi connectivity index (χ2v) is 9.89. The molecule has 3 heteroatoms. The Labute approximate surface area is 163 Å². The normalized spacial score (nSPS) is 13.2. The fourth-order valence-electron chi connectivity index (χ4n) is 3.54. The standard InChI is InChI=1S/C21H19.2ClH.Zr/c1-14-9-11-16(20-7-3-5-18(14)20)13-17-12-10-15(2)19-6-4-8-21(17)19;;;/h3-6,9-13H,7-8H2,1-2H3;2*1H;/q-1;;;+2/p-2. The molecule has 0 nitrogen and oxygen atoms in total. The Morgan fingerprint density at radius 2 is 1.21 bits per heavy atom. The summed E-state index contributed by atoms with van der Waals surface area (Å²) >= 11 is -0.826. The van der Waals surface area contributed by atoms with Crippen molar-refractivity contribution in [3.63, 3.8) is 0 Å². The maximum absolute atomic E-state index is 4.93. The van der Waals surface area contributed by atoms with E-state index in [0.717, 1.165) is 12.8 Å². The third kappa shape index (κ3) is 3.59. The third-order valence-electron chi connectivity index (χ3n) is 4.75. The maximum atomic E-state index is 4.93. The Kier molecular flexibility index (Phi) is 6.09. The summed E-state index contributed by atoms with van der Waals surface area (Å²) in [5.74, 6) is 0. The zero-order chi connectivity index (χ0) is 17.1. The molecule has 2 aliphatic rings. The third-order valence-corrected chi connectivity index (χ3v) is 4.75. The molecule has 0 atom stereocenters. The van der Waals surface area contributed by atoms with Crippen LogP contribution >= 0.6 is 17.0 Å². The molecule has 122 valence electrons. The first-order chi connectivity index (χ1) is 11.7. The van der Waals surface area contributed by atoms with Crippen LogP contribution in [-0.4, -0.2) is 0 Å². The van der Waals surface area contributed by atoms with Gasteiger partial charge in [-0.05, 0) is 26.7 Å². The molecule has 0 saturated carbocycles.